The van der Waals surface area contributed by atoms with Crippen molar-refractivity contribution >= 4 is 28.1 Å². The molecule has 2 atom stereocenters. The van der Waals surface area contributed by atoms with Crippen molar-refractivity contribution in [1.82, 2.24) is 10.6 Å². The lowest BCUT2D eigenvalue weighted by Crippen LogP contribution is -2.50. The summed E-state index contributed by atoms with van der Waals surface area (Å²) in [6.07, 6.45) is -3.08. The monoisotopic (exact) mass is 486 g/mol. The number of likely N-dealkylation sites (N-methyl/N-ethyl adjacent to an activating group) is 1. The van der Waals surface area contributed by atoms with Gasteiger partial charge < -0.3 is 20.1 Å². The van der Waals surface area contributed by atoms with Gasteiger partial charge in [0.2, 0.25) is 0 Å². The average molecular weight is 487 g/mol. The highest BCUT2D eigenvalue weighted by Crippen LogP contribution is 2.19. The number of carbonyl (C=O) groups is 3. The molecule has 1 unspecified atom stereocenters. The zero-order valence-electron chi connectivity index (χ0n) is 20.3. The molecule has 10 nitrogen and oxygen atoms in total. The molecule has 0 saturated heterocycles. The van der Waals surface area contributed by atoms with E-state index in [0.29, 0.717) is 0 Å². The summed E-state index contributed by atoms with van der Waals surface area (Å²) in [6.45, 7) is 11.6. The largest absolute Gasteiger partial charge is 0.458 e. The summed E-state index contributed by atoms with van der Waals surface area (Å²) < 4.78 is 41.1. The lowest BCUT2D eigenvalue weighted by molar-refractivity contribution is -0.158. The molecule has 1 rings (SSSR count). The second-order valence-corrected chi connectivity index (χ2v) is 11.0. The number of hydrogen-bond donors (Lipinski definition) is 2. The van der Waals surface area contributed by atoms with Crippen molar-refractivity contribution in [3.63, 3.8) is 0 Å². The van der Waals surface area contributed by atoms with E-state index in [9.17, 15) is 22.8 Å². The van der Waals surface area contributed by atoms with E-state index in [4.69, 9.17) is 13.7 Å². The Labute approximate surface area is 195 Å². The maximum Gasteiger partial charge on any atom is 0.408 e. The fourth-order valence-electron chi connectivity index (χ4n) is 2.52. The summed E-state index contributed by atoms with van der Waals surface area (Å²) in [7, 11) is -3.06. The molecule has 0 bridgehead atoms. The number of ether oxygens (including phenoxy) is 2. The minimum atomic E-state index is -4.35. The fraction of sp³-hybridized carbons (Fsp3) is 0.591. The van der Waals surface area contributed by atoms with Crippen LogP contribution in [-0.2, 0) is 33.4 Å². The number of hydrogen-bond acceptors (Lipinski definition) is 8. The van der Waals surface area contributed by atoms with Gasteiger partial charge >= 0.3 is 12.1 Å². The summed E-state index contributed by atoms with van der Waals surface area (Å²) in [5.74, 6) is -1.68. The third-order valence-electron chi connectivity index (χ3n) is 3.92. The third-order valence-corrected chi connectivity index (χ3v) is 5.26. The highest BCUT2D eigenvalue weighted by atomic mass is 32.2. The van der Waals surface area contributed by atoms with Crippen LogP contribution in [0.1, 0.15) is 53.5 Å². The molecule has 0 radical (unpaired) electrons. The number of carbonyl (C=O) groups excluding carboxylic acids is 3. The van der Waals surface area contributed by atoms with Crippen molar-refractivity contribution < 1.29 is 36.5 Å². The SMILES string of the molecule is CNC(=O)C(C[C@H](NC(=O)OC(C)(C)C)C(=O)OC(C)(C)C)OS(=O)(=O)c1ccc(C)cc1. The molecule has 33 heavy (non-hydrogen) atoms. The van der Waals surface area contributed by atoms with Gasteiger partial charge in [-0.05, 0) is 60.6 Å². The third kappa shape index (κ3) is 10.2. The Morgan fingerprint density at radius 2 is 1.45 bits per heavy atom. The van der Waals surface area contributed by atoms with Crippen LogP contribution in [0.3, 0.4) is 0 Å². The van der Waals surface area contributed by atoms with Gasteiger partial charge in [-0.15, -0.1) is 0 Å². The minimum Gasteiger partial charge on any atom is -0.458 e. The van der Waals surface area contributed by atoms with Gasteiger partial charge in [0.25, 0.3) is 16.0 Å². The van der Waals surface area contributed by atoms with Gasteiger partial charge in [-0.1, -0.05) is 17.7 Å². The molecule has 0 aliphatic heterocycles. The molecular weight excluding hydrogens is 452 g/mol. The first kappa shape index (κ1) is 28.4. The number of esters is 1. The lowest BCUT2D eigenvalue weighted by atomic mass is 10.1. The van der Waals surface area contributed by atoms with Gasteiger partial charge in [-0.2, -0.15) is 8.42 Å². The summed E-state index contributed by atoms with van der Waals surface area (Å²) in [4.78, 5) is 37.3. The van der Waals surface area contributed by atoms with E-state index in [-0.39, 0.29) is 4.90 Å². The summed E-state index contributed by atoms with van der Waals surface area (Å²) in [5.41, 5.74) is -0.917. The van der Waals surface area contributed by atoms with Crippen molar-refractivity contribution in [2.24, 2.45) is 0 Å². The number of aryl methyl sites for hydroxylation is 1. The zero-order chi connectivity index (χ0) is 25.6. The predicted molar refractivity (Wildman–Crippen MR) is 121 cm³/mol. The summed E-state index contributed by atoms with van der Waals surface area (Å²) >= 11 is 0. The maximum absolute atomic E-state index is 12.8. The molecule has 1 aromatic rings. The van der Waals surface area contributed by atoms with Crippen LogP contribution in [0, 0.1) is 6.92 Å². The zero-order valence-corrected chi connectivity index (χ0v) is 21.2. The topological polar surface area (TPSA) is 137 Å². The van der Waals surface area contributed by atoms with Crippen LogP contribution in [0.25, 0.3) is 0 Å². The Morgan fingerprint density at radius 1 is 0.939 bits per heavy atom. The van der Waals surface area contributed by atoms with Crippen LogP contribution in [0.4, 0.5) is 4.79 Å². The van der Waals surface area contributed by atoms with E-state index in [2.05, 4.69) is 10.6 Å². The van der Waals surface area contributed by atoms with Crippen molar-refractivity contribution in [3.05, 3.63) is 29.8 Å². The van der Waals surface area contributed by atoms with Crippen LogP contribution in [0.5, 0.6) is 0 Å². The first-order chi connectivity index (χ1) is 14.9. The van der Waals surface area contributed by atoms with Gasteiger partial charge in [0.15, 0.2) is 6.10 Å². The summed E-state index contributed by atoms with van der Waals surface area (Å²) in [5, 5.41) is 4.66. The highest BCUT2D eigenvalue weighted by Gasteiger charge is 2.36. The number of nitrogens with one attached hydrogen (secondary N) is 2. The van der Waals surface area contributed by atoms with Crippen molar-refractivity contribution in [1.29, 1.82) is 0 Å². The standard InChI is InChI=1S/C22H34N2O8S/c1-14-9-11-15(12-10-14)33(28,29)32-17(18(25)23-8)13-16(19(26)30-21(2,3)4)24-20(27)31-22(5,6)7/h9-12,16-17H,13H2,1-8H3,(H,23,25)(H,24,27)/t16-,17?/m0/s1. The van der Waals surface area contributed by atoms with Gasteiger partial charge in [-0.3, -0.25) is 8.98 Å². The van der Waals surface area contributed by atoms with E-state index in [1.165, 1.54) is 19.2 Å². The molecule has 0 aliphatic rings. The molecular formula is C22H34N2O8S. The minimum absolute atomic E-state index is 0.157. The van der Waals surface area contributed by atoms with Gasteiger partial charge in [0.1, 0.15) is 17.2 Å². The van der Waals surface area contributed by atoms with Gasteiger partial charge in [-0.25, -0.2) is 9.59 Å². The lowest BCUT2D eigenvalue weighted by Gasteiger charge is -2.27. The molecule has 0 spiro atoms. The Hall–Kier alpha value is -2.66. The van der Waals surface area contributed by atoms with Crippen LogP contribution < -0.4 is 10.6 Å². The molecule has 1 aromatic carbocycles. The van der Waals surface area contributed by atoms with E-state index in [1.807, 2.05) is 0 Å². The Bertz CT molecular complexity index is 944. The first-order valence-corrected chi connectivity index (χ1v) is 11.8. The van der Waals surface area contributed by atoms with E-state index in [1.54, 1.807) is 60.6 Å². The average Bonchev–Trinajstić information content (AvgIpc) is 2.63. The van der Waals surface area contributed by atoms with Crippen LogP contribution in [-0.4, -0.2) is 56.8 Å². The molecule has 0 aliphatic carbocycles. The first-order valence-electron chi connectivity index (χ1n) is 10.4. The molecule has 0 aromatic heterocycles. The van der Waals surface area contributed by atoms with Crippen LogP contribution in [0.15, 0.2) is 29.2 Å². The molecule has 11 heteroatoms. The number of amides is 2. The van der Waals surface area contributed by atoms with E-state index in [0.717, 1.165) is 5.56 Å². The Kier molecular flexibility index (Phi) is 9.43. The number of alkyl carbamates (subject to hydrolysis) is 1. The molecule has 0 fully saturated rings. The van der Waals surface area contributed by atoms with Gasteiger partial charge in [0, 0.05) is 13.5 Å². The quantitative estimate of drug-likeness (QED) is 0.422. The number of benzene rings is 1. The van der Waals surface area contributed by atoms with Crippen molar-refractivity contribution in [3.8, 4) is 0 Å². The molecule has 0 heterocycles. The normalized spacial score (nSPS) is 14.1. The van der Waals surface area contributed by atoms with Gasteiger partial charge in [0.05, 0.1) is 4.90 Å². The Balaban J connectivity index is 3.21. The van der Waals surface area contributed by atoms with Crippen molar-refractivity contribution in [2.75, 3.05) is 7.05 Å². The molecule has 2 N–H and O–H groups in total. The second-order valence-electron chi connectivity index (χ2n) is 9.43. The second kappa shape index (κ2) is 11.0. The molecule has 0 saturated carbocycles. The maximum atomic E-state index is 12.8. The van der Waals surface area contributed by atoms with E-state index < -0.39 is 57.9 Å². The molecule has 2 amide bonds. The van der Waals surface area contributed by atoms with E-state index >= 15 is 0 Å². The number of rotatable bonds is 8. The summed E-state index contributed by atoms with van der Waals surface area (Å²) in [6, 6.07) is 4.43. The van der Waals surface area contributed by atoms with Crippen molar-refractivity contribution in [2.45, 2.75) is 83.1 Å². The highest BCUT2D eigenvalue weighted by molar-refractivity contribution is 7.86. The fourth-order valence-corrected chi connectivity index (χ4v) is 3.57. The molecule has 186 valence electrons. The smallest absolute Gasteiger partial charge is 0.408 e. The van der Waals surface area contributed by atoms with Crippen LogP contribution >= 0.6 is 0 Å². The predicted octanol–water partition coefficient (Wildman–Crippen LogP) is 2.44. The Morgan fingerprint density at radius 3 is 1.91 bits per heavy atom. The van der Waals surface area contributed by atoms with Crippen LogP contribution in [0.2, 0.25) is 0 Å².